The third-order valence-corrected chi connectivity index (χ3v) is 4.63. The van der Waals surface area contributed by atoms with Crippen molar-refractivity contribution in [3.63, 3.8) is 0 Å². The van der Waals surface area contributed by atoms with Gasteiger partial charge in [0.05, 0.1) is 17.1 Å². The van der Waals surface area contributed by atoms with Crippen LogP contribution >= 0.6 is 15.9 Å². The zero-order chi connectivity index (χ0) is 20.4. The number of rotatable bonds is 5. The van der Waals surface area contributed by atoms with Crippen molar-refractivity contribution in [3.05, 3.63) is 51.7 Å². The number of carbonyl (C=O) groups is 2. The van der Waals surface area contributed by atoms with E-state index in [9.17, 15) is 14.7 Å². The normalized spacial score (nSPS) is 13.9. The lowest BCUT2D eigenvalue weighted by molar-refractivity contribution is -0.130. The quantitative estimate of drug-likeness (QED) is 0.708. The summed E-state index contributed by atoms with van der Waals surface area (Å²) in [6.45, 7) is -0.136. The van der Waals surface area contributed by atoms with E-state index in [0.717, 1.165) is 0 Å². The fourth-order valence-corrected chi connectivity index (χ4v) is 3.13. The lowest BCUT2D eigenvalue weighted by Crippen LogP contribution is -2.27. The summed E-state index contributed by atoms with van der Waals surface area (Å²) in [5, 5.41) is 9.54. The minimum absolute atomic E-state index is 0.0194. The van der Waals surface area contributed by atoms with E-state index in [1.807, 2.05) is 0 Å². The molecule has 1 aliphatic rings. The number of allylic oxidation sites excluding steroid dienone is 1. The first-order chi connectivity index (χ1) is 13.3. The summed E-state index contributed by atoms with van der Waals surface area (Å²) in [4.78, 5) is 25.7. The van der Waals surface area contributed by atoms with Gasteiger partial charge in [0.25, 0.3) is 5.91 Å². The van der Waals surface area contributed by atoms with Crippen LogP contribution in [0.5, 0.6) is 23.0 Å². The van der Waals surface area contributed by atoms with Crippen LogP contribution in [0.4, 0.5) is 0 Å². The summed E-state index contributed by atoms with van der Waals surface area (Å²) >= 11 is 3.41. The second-order valence-corrected chi connectivity index (χ2v) is 7.09. The van der Waals surface area contributed by atoms with Crippen LogP contribution in [0, 0.1) is 0 Å². The first kappa shape index (κ1) is 19.8. The van der Waals surface area contributed by atoms with Crippen LogP contribution in [0.3, 0.4) is 0 Å². The second kappa shape index (κ2) is 7.93. The smallest absolute Gasteiger partial charge is 0.259 e. The Morgan fingerprint density at radius 1 is 1.29 bits per heavy atom. The average Bonchev–Trinajstić information content (AvgIpc) is 2.94. The molecule has 2 aromatic rings. The Balaban J connectivity index is 1.88. The van der Waals surface area contributed by atoms with E-state index in [1.54, 1.807) is 32.3 Å². The molecule has 2 aromatic carbocycles. The Morgan fingerprint density at radius 2 is 2.04 bits per heavy atom. The molecule has 0 unspecified atom stereocenters. The van der Waals surface area contributed by atoms with E-state index in [4.69, 9.17) is 14.2 Å². The SMILES string of the molecule is COc1cc(C=C2Oc3cc(O)ccc3C2=O)cc(Br)c1OCC(=O)N(C)C. The number of phenolic OH excluding ortho intramolecular Hbond substituents is 1. The molecule has 3 rings (SSSR count). The number of likely N-dealkylation sites (N-methyl/N-ethyl adjacent to an activating group) is 1. The third-order valence-electron chi connectivity index (χ3n) is 4.04. The van der Waals surface area contributed by atoms with E-state index >= 15 is 0 Å². The minimum Gasteiger partial charge on any atom is -0.508 e. The second-order valence-electron chi connectivity index (χ2n) is 6.23. The maximum absolute atomic E-state index is 12.5. The van der Waals surface area contributed by atoms with Crippen molar-refractivity contribution in [3.8, 4) is 23.0 Å². The number of ether oxygens (including phenoxy) is 3. The summed E-state index contributed by atoms with van der Waals surface area (Å²) in [7, 11) is 4.77. The van der Waals surface area contributed by atoms with Gasteiger partial charge in [-0.05, 0) is 51.8 Å². The van der Waals surface area contributed by atoms with Crippen LogP contribution in [0.2, 0.25) is 0 Å². The third kappa shape index (κ3) is 3.96. The van der Waals surface area contributed by atoms with Gasteiger partial charge in [0.1, 0.15) is 11.5 Å². The van der Waals surface area contributed by atoms with Gasteiger partial charge in [-0.2, -0.15) is 0 Å². The molecular formula is C20H18BrNO6. The van der Waals surface area contributed by atoms with E-state index in [1.165, 1.54) is 30.2 Å². The topological polar surface area (TPSA) is 85.3 Å². The number of hydrogen-bond donors (Lipinski definition) is 1. The molecule has 1 heterocycles. The molecule has 146 valence electrons. The first-order valence-corrected chi connectivity index (χ1v) is 9.07. The van der Waals surface area contributed by atoms with Crippen LogP contribution in [-0.2, 0) is 4.79 Å². The lowest BCUT2D eigenvalue weighted by Gasteiger charge is -2.15. The van der Waals surface area contributed by atoms with Crippen molar-refractivity contribution in [2.24, 2.45) is 0 Å². The largest absolute Gasteiger partial charge is 0.508 e. The van der Waals surface area contributed by atoms with Gasteiger partial charge < -0.3 is 24.2 Å². The van der Waals surface area contributed by atoms with Gasteiger partial charge in [-0.1, -0.05) is 0 Å². The monoisotopic (exact) mass is 447 g/mol. The van der Waals surface area contributed by atoms with Gasteiger partial charge in [0.2, 0.25) is 5.78 Å². The summed E-state index contributed by atoms with van der Waals surface area (Å²) in [5.41, 5.74) is 1.02. The molecule has 0 fully saturated rings. The molecule has 0 atom stereocenters. The number of nitrogens with zero attached hydrogens (tertiary/aromatic N) is 1. The number of Topliss-reactive ketones (excluding diaryl/α,β-unsaturated/α-hetero) is 1. The van der Waals surface area contributed by atoms with Crippen molar-refractivity contribution in [2.45, 2.75) is 0 Å². The summed E-state index contributed by atoms with van der Waals surface area (Å²) in [6, 6.07) is 7.74. The van der Waals surface area contributed by atoms with Crippen LogP contribution in [0.15, 0.2) is 40.6 Å². The molecule has 0 saturated heterocycles. The molecule has 0 aliphatic carbocycles. The molecule has 0 saturated carbocycles. The van der Waals surface area contributed by atoms with Gasteiger partial charge in [0, 0.05) is 20.2 Å². The van der Waals surface area contributed by atoms with E-state index in [2.05, 4.69) is 15.9 Å². The number of methoxy groups -OCH3 is 1. The Morgan fingerprint density at radius 3 is 2.71 bits per heavy atom. The molecular weight excluding hydrogens is 430 g/mol. The number of fused-ring (bicyclic) bond motifs is 1. The van der Waals surface area contributed by atoms with Crippen LogP contribution in [0.1, 0.15) is 15.9 Å². The molecule has 8 heteroatoms. The highest BCUT2D eigenvalue weighted by Crippen LogP contribution is 2.39. The molecule has 0 aromatic heterocycles. The number of aromatic hydroxyl groups is 1. The number of benzene rings is 2. The molecule has 1 aliphatic heterocycles. The number of amides is 1. The van der Waals surface area contributed by atoms with Gasteiger partial charge in [-0.3, -0.25) is 9.59 Å². The van der Waals surface area contributed by atoms with Crippen LogP contribution in [0.25, 0.3) is 6.08 Å². The highest BCUT2D eigenvalue weighted by atomic mass is 79.9. The summed E-state index contributed by atoms with van der Waals surface area (Å²) in [6.07, 6.45) is 1.57. The molecule has 0 bridgehead atoms. The maximum atomic E-state index is 12.5. The van der Waals surface area contributed by atoms with Crippen molar-refractivity contribution in [1.29, 1.82) is 0 Å². The van der Waals surface area contributed by atoms with E-state index < -0.39 is 0 Å². The van der Waals surface area contributed by atoms with Gasteiger partial charge in [-0.25, -0.2) is 0 Å². The number of ketones is 1. The standard InChI is InChI=1S/C20H18BrNO6/c1-22(2)18(24)10-27-20-14(21)6-11(8-17(20)26-3)7-16-19(25)13-5-4-12(23)9-15(13)28-16/h4-9,23H,10H2,1-3H3. The molecule has 0 spiro atoms. The van der Waals surface area contributed by atoms with Gasteiger partial charge >= 0.3 is 0 Å². The fourth-order valence-electron chi connectivity index (χ4n) is 2.55. The lowest BCUT2D eigenvalue weighted by atomic mass is 10.1. The molecule has 1 amide bonds. The molecule has 28 heavy (non-hydrogen) atoms. The number of halogens is 1. The van der Waals surface area contributed by atoms with E-state index in [-0.39, 0.29) is 29.8 Å². The highest BCUT2D eigenvalue weighted by Gasteiger charge is 2.27. The number of hydrogen-bond acceptors (Lipinski definition) is 6. The predicted octanol–water partition coefficient (Wildman–Crippen LogP) is 3.25. The Hall–Kier alpha value is -3.00. The number of phenols is 1. The zero-order valence-corrected chi connectivity index (χ0v) is 17.1. The van der Waals surface area contributed by atoms with Crippen LogP contribution in [-0.4, -0.2) is 49.5 Å². The summed E-state index contributed by atoms with van der Waals surface area (Å²) < 4.78 is 17.1. The number of carbonyl (C=O) groups excluding carboxylic acids is 2. The van der Waals surface area contributed by atoms with Crippen molar-refractivity contribution in [2.75, 3.05) is 27.8 Å². The summed E-state index contributed by atoms with van der Waals surface area (Å²) in [5.74, 6) is 0.773. The van der Waals surface area contributed by atoms with Gasteiger partial charge in [-0.15, -0.1) is 0 Å². The molecule has 1 N–H and O–H groups in total. The Labute approximate surface area is 170 Å². The Kier molecular flexibility index (Phi) is 5.60. The molecule has 7 nitrogen and oxygen atoms in total. The van der Waals surface area contributed by atoms with Gasteiger partial charge in [0.15, 0.2) is 23.9 Å². The van der Waals surface area contributed by atoms with Crippen LogP contribution < -0.4 is 14.2 Å². The van der Waals surface area contributed by atoms with Crippen molar-refractivity contribution in [1.82, 2.24) is 4.90 Å². The maximum Gasteiger partial charge on any atom is 0.259 e. The molecule has 0 radical (unpaired) electrons. The average molecular weight is 448 g/mol. The van der Waals surface area contributed by atoms with Crippen molar-refractivity contribution < 1.29 is 28.9 Å². The van der Waals surface area contributed by atoms with E-state index in [0.29, 0.717) is 32.8 Å². The highest BCUT2D eigenvalue weighted by molar-refractivity contribution is 9.10. The first-order valence-electron chi connectivity index (χ1n) is 8.28. The minimum atomic E-state index is -0.276. The fraction of sp³-hybridized carbons (Fsp3) is 0.200. The van der Waals surface area contributed by atoms with Crippen molar-refractivity contribution >= 4 is 33.7 Å². The Bertz CT molecular complexity index is 983. The zero-order valence-electron chi connectivity index (χ0n) is 15.5. The predicted molar refractivity (Wildman–Crippen MR) is 106 cm³/mol.